The summed E-state index contributed by atoms with van der Waals surface area (Å²) in [5.41, 5.74) is 8.21. The summed E-state index contributed by atoms with van der Waals surface area (Å²) < 4.78 is 0. The van der Waals surface area contributed by atoms with E-state index in [2.05, 4.69) is 29.7 Å². The van der Waals surface area contributed by atoms with Gasteiger partial charge in [0, 0.05) is 25.7 Å². The number of nitrogens with two attached hydrogens (primary N) is 1. The molecular formula is C20H30N4O2. The van der Waals surface area contributed by atoms with Gasteiger partial charge >= 0.3 is 0 Å². The Morgan fingerprint density at radius 3 is 2.50 bits per heavy atom. The Morgan fingerprint density at radius 2 is 1.85 bits per heavy atom. The summed E-state index contributed by atoms with van der Waals surface area (Å²) in [5.74, 6) is 0.484. The summed E-state index contributed by atoms with van der Waals surface area (Å²) in [5, 5.41) is 6.53. The first-order chi connectivity index (χ1) is 12.5. The minimum absolute atomic E-state index is 0.0187. The van der Waals surface area contributed by atoms with Crippen molar-refractivity contribution in [1.82, 2.24) is 15.5 Å². The lowest BCUT2D eigenvalue weighted by Crippen LogP contribution is -2.53. The predicted octanol–water partition coefficient (Wildman–Crippen LogP) is 0.791. The molecule has 1 fully saturated rings. The molecule has 3 atom stereocenters. The van der Waals surface area contributed by atoms with Crippen LogP contribution in [0.25, 0.3) is 0 Å². The van der Waals surface area contributed by atoms with Gasteiger partial charge in [-0.05, 0) is 50.2 Å². The molecule has 2 amide bonds. The minimum Gasteiger partial charge on any atom is -0.352 e. The molecule has 2 heterocycles. The van der Waals surface area contributed by atoms with Crippen LogP contribution in [0.2, 0.25) is 0 Å². The van der Waals surface area contributed by atoms with Crippen LogP contribution in [-0.2, 0) is 22.6 Å². The number of hydrogen-bond acceptors (Lipinski definition) is 4. The molecular weight excluding hydrogens is 328 g/mol. The van der Waals surface area contributed by atoms with E-state index in [-0.39, 0.29) is 23.9 Å². The maximum absolute atomic E-state index is 12.7. The van der Waals surface area contributed by atoms with E-state index >= 15 is 0 Å². The molecule has 0 saturated carbocycles. The van der Waals surface area contributed by atoms with Gasteiger partial charge < -0.3 is 21.3 Å². The average molecular weight is 358 g/mol. The van der Waals surface area contributed by atoms with Gasteiger partial charge in [0.25, 0.3) is 0 Å². The van der Waals surface area contributed by atoms with Gasteiger partial charge in [0.2, 0.25) is 11.8 Å². The number of nitrogens with one attached hydrogen (secondary N) is 2. The number of benzene rings is 1. The maximum atomic E-state index is 12.7. The molecule has 26 heavy (non-hydrogen) atoms. The fourth-order valence-corrected chi connectivity index (χ4v) is 3.99. The van der Waals surface area contributed by atoms with E-state index in [0.717, 1.165) is 38.9 Å². The molecule has 0 aromatic heterocycles. The van der Waals surface area contributed by atoms with Crippen LogP contribution in [0, 0.1) is 5.92 Å². The largest absolute Gasteiger partial charge is 0.352 e. The van der Waals surface area contributed by atoms with Crippen LogP contribution in [0.1, 0.15) is 37.8 Å². The third-order valence-electron chi connectivity index (χ3n) is 5.72. The highest BCUT2D eigenvalue weighted by atomic mass is 16.2. The second kappa shape index (κ2) is 8.18. The van der Waals surface area contributed by atoms with E-state index in [1.807, 2.05) is 17.0 Å². The zero-order chi connectivity index (χ0) is 18.7. The van der Waals surface area contributed by atoms with Gasteiger partial charge in [0.1, 0.15) is 0 Å². The molecule has 142 valence electrons. The van der Waals surface area contributed by atoms with Crippen molar-refractivity contribution in [2.45, 2.75) is 57.8 Å². The van der Waals surface area contributed by atoms with Gasteiger partial charge in [-0.2, -0.15) is 0 Å². The third kappa shape index (κ3) is 4.24. The number of carbonyl (C=O) groups excluding carboxylic acids is 2. The lowest BCUT2D eigenvalue weighted by atomic mass is 9.89. The Kier molecular flexibility index (Phi) is 5.94. The highest BCUT2D eigenvalue weighted by Gasteiger charge is 2.30. The van der Waals surface area contributed by atoms with Gasteiger partial charge in [0.05, 0.1) is 12.1 Å². The van der Waals surface area contributed by atoms with Gasteiger partial charge in [0.15, 0.2) is 0 Å². The quantitative estimate of drug-likeness (QED) is 0.743. The summed E-state index contributed by atoms with van der Waals surface area (Å²) in [4.78, 5) is 26.5. The summed E-state index contributed by atoms with van der Waals surface area (Å²) in [6.45, 7) is 5.98. The standard InChI is InChI=1S/C20H30N4O2/c1-13(21)20(26)24-9-7-15(8-10-24)14(2)23-19(25)18-11-16-5-3-4-6-17(16)12-22-18/h3-6,13-15,18,22H,7-12,21H2,1-2H3,(H,23,25)/t13-,14?,18?/m0/s1. The molecule has 0 aliphatic carbocycles. The van der Waals surface area contributed by atoms with Crippen LogP contribution in [-0.4, -0.2) is 47.9 Å². The summed E-state index contributed by atoms with van der Waals surface area (Å²) >= 11 is 0. The van der Waals surface area contributed by atoms with Gasteiger partial charge in [-0.25, -0.2) is 0 Å². The molecule has 3 rings (SSSR count). The van der Waals surface area contributed by atoms with Crippen molar-refractivity contribution in [3.8, 4) is 0 Å². The molecule has 1 saturated heterocycles. The number of fused-ring (bicyclic) bond motifs is 1. The van der Waals surface area contributed by atoms with Gasteiger partial charge in [-0.1, -0.05) is 24.3 Å². The van der Waals surface area contributed by atoms with Crippen molar-refractivity contribution < 1.29 is 9.59 Å². The van der Waals surface area contributed by atoms with Crippen LogP contribution in [0.5, 0.6) is 0 Å². The maximum Gasteiger partial charge on any atom is 0.239 e. The van der Waals surface area contributed by atoms with Crippen LogP contribution >= 0.6 is 0 Å². The lowest BCUT2D eigenvalue weighted by molar-refractivity contribution is -0.134. The lowest BCUT2D eigenvalue weighted by Gasteiger charge is -2.36. The molecule has 1 aromatic carbocycles. The molecule has 0 bridgehead atoms. The summed E-state index contributed by atoms with van der Waals surface area (Å²) in [6.07, 6.45) is 2.54. The van der Waals surface area contributed by atoms with Crippen LogP contribution in [0.3, 0.4) is 0 Å². The van der Waals surface area contributed by atoms with E-state index in [4.69, 9.17) is 5.73 Å². The monoisotopic (exact) mass is 358 g/mol. The predicted molar refractivity (Wildman–Crippen MR) is 101 cm³/mol. The molecule has 6 heteroatoms. The normalized spacial score (nSPS) is 23.0. The summed E-state index contributed by atoms with van der Waals surface area (Å²) in [6, 6.07) is 7.76. The van der Waals surface area contributed by atoms with Crippen LogP contribution in [0.15, 0.2) is 24.3 Å². The van der Waals surface area contributed by atoms with Gasteiger partial charge in [-0.15, -0.1) is 0 Å². The molecule has 2 unspecified atom stereocenters. The smallest absolute Gasteiger partial charge is 0.239 e. The van der Waals surface area contributed by atoms with Crippen LogP contribution in [0.4, 0.5) is 0 Å². The fourth-order valence-electron chi connectivity index (χ4n) is 3.99. The minimum atomic E-state index is -0.441. The Morgan fingerprint density at radius 1 is 1.19 bits per heavy atom. The average Bonchev–Trinajstić information content (AvgIpc) is 2.67. The number of likely N-dealkylation sites (tertiary alicyclic amines) is 1. The Hall–Kier alpha value is -1.92. The molecule has 4 N–H and O–H groups in total. The number of rotatable bonds is 4. The second-order valence-electron chi connectivity index (χ2n) is 7.65. The van der Waals surface area contributed by atoms with Crippen molar-refractivity contribution in [1.29, 1.82) is 0 Å². The van der Waals surface area contributed by atoms with E-state index < -0.39 is 6.04 Å². The van der Waals surface area contributed by atoms with E-state index in [1.165, 1.54) is 11.1 Å². The van der Waals surface area contributed by atoms with Crippen molar-refractivity contribution in [3.63, 3.8) is 0 Å². The van der Waals surface area contributed by atoms with Gasteiger partial charge in [-0.3, -0.25) is 9.59 Å². The number of amides is 2. The van der Waals surface area contributed by atoms with E-state index in [1.54, 1.807) is 6.92 Å². The van der Waals surface area contributed by atoms with Crippen molar-refractivity contribution >= 4 is 11.8 Å². The van der Waals surface area contributed by atoms with Crippen molar-refractivity contribution in [3.05, 3.63) is 35.4 Å². The molecule has 0 spiro atoms. The molecule has 6 nitrogen and oxygen atoms in total. The Balaban J connectivity index is 1.49. The SMILES string of the molecule is CC(NC(=O)C1Cc2ccccc2CN1)C1CCN(C(=O)[C@H](C)N)CC1. The van der Waals surface area contributed by atoms with Crippen molar-refractivity contribution in [2.75, 3.05) is 13.1 Å². The Labute approximate surface area is 155 Å². The number of hydrogen-bond donors (Lipinski definition) is 3. The Bertz CT molecular complexity index is 653. The highest BCUT2D eigenvalue weighted by molar-refractivity contribution is 5.83. The molecule has 1 aromatic rings. The number of nitrogens with zero attached hydrogens (tertiary/aromatic N) is 1. The zero-order valence-corrected chi connectivity index (χ0v) is 15.7. The van der Waals surface area contributed by atoms with Crippen molar-refractivity contribution in [2.24, 2.45) is 11.7 Å². The molecule has 2 aliphatic heterocycles. The van der Waals surface area contributed by atoms with Crippen LogP contribution < -0.4 is 16.4 Å². The fraction of sp³-hybridized carbons (Fsp3) is 0.600. The first-order valence-corrected chi connectivity index (χ1v) is 9.60. The molecule has 0 radical (unpaired) electrons. The third-order valence-corrected chi connectivity index (χ3v) is 5.72. The second-order valence-corrected chi connectivity index (χ2v) is 7.65. The van der Waals surface area contributed by atoms with E-state index in [0.29, 0.717) is 5.92 Å². The summed E-state index contributed by atoms with van der Waals surface area (Å²) in [7, 11) is 0. The topological polar surface area (TPSA) is 87.5 Å². The highest BCUT2D eigenvalue weighted by Crippen LogP contribution is 2.22. The van der Waals surface area contributed by atoms with E-state index in [9.17, 15) is 9.59 Å². The number of carbonyl (C=O) groups is 2. The zero-order valence-electron chi connectivity index (χ0n) is 15.7. The molecule has 2 aliphatic rings. The first-order valence-electron chi connectivity index (χ1n) is 9.60. The number of piperidine rings is 1. The first kappa shape index (κ1) is 18.9.